The molecule has 0 saturated carbocycles. The molecule has 1 aromatic carbocycles. The summed E-state index contributed by atoms with van der Waals surface area (Å²) in [7, 11) is 2.19. The second-order valence-corrected chi connectivity index (χ2v) is 6.78. The van der Waals surface area contributed by atoms with Crippen LogP contribution < -0.4 is 5.73 Å². The predicted molar refractivity (Wildman–Crippen MR) is 102 cm³/mol. The normalized spacial score (nSPS) is 15.6. The molecular formula is C20H23N5O. The maximum Gasteiger partial charge on any atom is 0.153 e. The zero-order valence-electron chi connectivity index (χ0n) is 14.9. The van der Waals surface area contributed by atoms with Gasteiger partial charge in [-0.15, -0.1) is 0 Å². The number of rotatable bonds is 4. The predicted octanol–water partition coefficient (Wildman–Crippen LogP) is 2.88. The Hall–Kier alpha value is -2.57. The first-order chi connectivity index (χ1) is 12.7. The van der Waals surface area contributed by atoms with Crippen LogP contribution in [-0.2, 0) is 11.3 Å². The van der Waals surface area contributed by atoms with Crippen molar-refractivity contribution in [1.29, 1.82) is 0 Å². The Kier molecular flexibility index (Phi) is 4.77. The molecule has 134 valence electrons. The Bertz CT molecular complexity index is 908. The molecule has 1 fully saturated rings. The van der Waals surface area contributed by atoms with Crippen molar-refractivity contribution in [3.8, 4) is 11.3 Å². The minimum Gasteiger partial charge on any atom is -0.382 e. The third kappa shape index (κ3) is 3.52. The van der Waals surface area contributed by atoms with E-state index in [1.807, 2.05) is 12.1 Å². The van der Waals surface area contributed by atoms with Gasteiger partial charge in [-0.05, 0) is 43.7 Å². The Labute approximate surface area is 153 Å². The van der Waals surface area contributed by atoms with Crippen molar-refractivity contribution in [3.05, 3.63) is 48.3 Å². The van der Waals surface area contributed by atoms with E-state index < -0.39 is 0 Å². The van der Waals surface area contributed by atoms with Crippen molar-refractivity contribution in [1.82, 2.24) is 19.9 Å². The van der Waals surface area contributed by atoms with Gasteiger partial charge in [-0.2, -0.15) is 0 Å². The zero-order valence-corrected chi connectivity index (χ0v) is 14.9. The SMILES string of the molecule is CN(Cc1cccc(-c2ccc3ncnc(N)c3n2)c1)C1CCOCC1. The van der Waals surface area contributed by atoms with Gasteiger partial charge in [-0.25, -0.2) is 15.0 Å². The Morgan fingerprint density at radius 2 is 2.00 bits per heavy atom. The molecule has 2 aromatic heterocycles. The first-order valence-corrected chi connectivity index (χ1v) is 8.95. The van der Waals surface area contributed by atoms with E-state index in [-0.39, 0.29) is 0 Å². The number of aromatic nitrogens is 3. The van der Waals surface area contributed by atoms with Crippen molar-refractivity contribution in [2.24, 2.45) is 0 Å². The summed E-state index contributed by atoms with van der Waals surface area (Å²) in [4.78, 5) is 15.3. The Morgan fingerprint density at radius 1 is 1.15 bits per heavy atom. The van der Waals surface area contributed by atoms with Crippen LogP contribution in [0.15, 0.2) is 42.7 Å². The molecule has 2 N–H and O–H groups in total. The van der Waals surface area contributed by atoms with Crippen LogP contribution in [-0.4, -0.2) is 46.2 Å². The molecule has 0 bridgehead atoms. The molecule has 0 spiro atoms. The fourth-order valence-corrected chi connectivity index (χ4v) is 3.49. The second kappa shape index (κ2) is 7.35. The first kappa shape index (κ1) is 16.9. The number of anilines is 1. The van der Waals surface area contributed by atoms with Crippen molar-refractivity contribution < 1.29 is 4.74 Å². The maximum atomic E-state index is 5.95. The topological polar surface area (TPSA) is 77.2 Å². The molecule has 3 heterocycles. The standard InChI is InChI=1S/C20H23N5O/c1-25(16-7-9-26-10-8-16)12-14-3-2-4-15(11-14)17-5-6-18-19(24-17)20(21)23-13-22-18/h2-6,11,13,16H,7-10,12H2,1H3,(H2,21,22,23). The zero-order chi connectivity index (χ0) is 17.9. The number of nitrogens with zero attached hydrogens (tertiary/aromatic N) is 4. The summed E-state index contributed by atoms with van der Waals surface area (Å²) in [6.07, 6.45) is 3.66. The third-order valence-corrected chi connectivity index (χ3v) is 4.98. The van der Waals surface area contributed by atoms with Crippen LogP contribution in [0.3, 0.4) is 0 Å². The van der Waals surface area contributed by atoms with Gasteiger partial charge in [0.25, 0.3) is 0 Å². The van der Waals surface area contributed by atoms with Gasteiger partial charge in [0.15, 0.2) is 5.82 Å². The van der Waals surface area contributed by atoms with Crippen molar-refractivity contribution in [2.75, 3.05) is 26.0 Å². The van der Waals surface area contributed by atoms with Gasteiger partial charge in [-0.3, -0.25) is 4.90 Å². The van der Waals surface area contributed by atoms with E-state index in [2.05, 4.69) is 51.2 Å². The summed E-state index contributed by atoms with van der Waals surface area (Å²) in [6, 6.07) is 13.0. The number of benzene rings is 1. The smallest absolute Gasteiger partial charge is 0.153 e. The quantitative estimate of drug-likeness (QED) is 0.780. The monoisotopic (exact) mass is 349 g/mol. The highest BCUT2D eigenvalue weighted by atomic mass is 16.5. The summed E-state index contributed by atoms with van der Waals surface area (Å²) in [5.74, 6) is 0.409. The fraction of sp³-hybridized carbons (Fsp3) is 0.350. The largest absolute Gasteiger partial charge is 0.382 e. The van der Waals surface area contributed by atoms with Gasteiger partial charge < -0.3 is 10.5 Å². The number of fused-ring (bicyclic) bond motifs is 1. The number of nitrogen functional groups attached to an aromatic ring is 1. The Balaban J connectivity index is 1.58. The third-order valence-electron chi connectivity index (χ3n) is 4.98. The first-order valence-electron chi connectivity index (χ1n) is 8.95. The number of hydrogen-bond acceptors (Lipinski definition) is 6. The molecule has 1 aliphatic heterocycles. The van der Waals surface area contributed by atoms with Crippen LogP contribution in [0.25, 0.3) is 22.3 Å². The van der Waals surface area contributed by atoms with E-state index in [9.17, 15) is 0 Å². The van der Waals surface area contributed by atoms with E-state index in [0.29, 0.717) is 17.4 Å². The number of nitrogens with two attached hydrogens (primary N) is 1. The van der Waals surface area contributed by atoms with Crippen molar-refractivity contribution in [3.63, 3.8) is 0 Å². The minimum absolute atomic E-state index is 0.409. The molecule has 6 nitrogen and oxygen atoms in total. The van der Waals surface area contributed by atoms with Crippen molar-refractivity contribution in [2.45, 2.75) is 25.4 Å². The molecular weight excluding hydrogens is 326 g/mol. The average molecular weight is 349 g/mol. The molecule has 0 amide bonds. The molecule has 4 rings (SSSR count). The highest BCUT2D eigenvalue weighted by Crippen LogP contribution is 2.24. The fourth-order valence-electron chi connectivity index (χ4n) is 3.49. The lowest BCUT2D eigenvalue weighted by Crippen LogP contribution is -2.36. The van der Waals surface area contributed by atoms with Gasteiger partial charge in [-0.1, -0.05) is 18.2 Å². The number of ether oxygens (including phenoxy) is 1. The number of pyridine rings is 1. The Morgan fingerprint density at radius 3 is 2.85 bits per heavy atom. The lowest BCUT2D eigenvalue weighted by atomic mass is 10.0. The molecule has 0 aliphatic carbocycles. The van der Waals surface area contributed by atoms with Crippen LogP contribution >= 0.6 is 0 Å². The van der Waals surface area contributed by atoms with Gasteiger partial charge in [0.2, 0.25) is 0 Å². The molecule has 3 aromatic rings. The van der Waals surface area contributed by atoms with Gasteiger partial charge in [0.05, 0.1) is 11.2 Å². The summed E-state index contributed by atoms with van der Waals surface area (Å²) in [5, 5.41) is 0. The van der Waals surface area contributed by atoms with E-state index in [4.69, 9.17) is 10.5 Å². The van der Waals surface area contributed by atoms with Gasteiger partial charge >= 0.3 is 0 Å². The maximum absolute atomic E-state index is 5.95. The average Bonchev–Trinajstić information content (AvgIpc) is 2.69. The number of hydrogen-bond donors (Lipinski definition) is 1. The van der Waals surface area contributed by atoms with Gasteiger partial charge in [0, 0.05) is 31.4 Å². The van der Waals surface area contributed by atoms with E-state index in [1.54, 1.807) is 0 Å². The van der Waals surface area contributed by atoms with Crippen LogP contribution in [0.4, 0.5) is 5.82 Å². The molecule has 1 saturated heterocycles. The van der Waals surface area contributed by atoms with Gasteiger partial charge in [0.1, 0.15) is 11.8 Å². The molecule has 0 unspecified atom stereocenters. The summed E-state index contributed by atoms with van der Waals surface area (Å²) < 4.78 is 5.47. The summed E-state index contributed by atoms with van der Waals surface area (Å²) in [6.45, 7) is 2.64. The lowest BCUT2D eigenvalue weighted by molar-refractivity contribution is 0.0407. The van der Waals surface area contributed by atoms with E-state index >= 15 is 0 Å². The summed E-state index contributed by atoms with van der Waals surface area (Å²) >= 11 is 0. The summed E-state index contributed by atoms with van der Waals surface area (Å²) in [5.41, 5.74) is 10.6. The molecule has 0 radical (unpaired) electrons. The van der Waals surface area contributed by atoms with Crippen LogP contribution in [0.5, 0.6) is 0 Å². The molecule has 26 heavy (non-hydrogen) atoms. The van der Waals surface area contributed by atoms with Crippen LogP contribution in [0.1, 0.15) is 18.4 Å². The highest BCUT2D eigenvalue weighted by molar-refractivity contribution is 5.85. The highest BCUT2D eigenvalue weighted by Gasteiger charge is 2.18. The van der Waals surface area contributed by atoms with E-state index in [0.717, 1.165) is 49.4 Å². The lowest BCUT2D eigenvalue weighted by Gasteiger charge is -2.31. The van der Waals surface area contributed by atoms with Crippen LogP contribution in [0, 0.1) is 0 Å². The molecule has 6 heteroatoms. The second-order valence-electron chi connectivity index (χ2n) is 6.78. The van der Waals surface area contributed by atoms with Crippen molar-refractivity contribution >= 4 is 16.9 Å². The molecule has 0 atom stereocenters. The van der Waals surface area contributed by atoms with Crippen LogP contribution in [0.2, 0.25) is 0 Å². The molecule has 1 aliphatic rings. The van der Waals surface area contributed by atoms with E-state index in [1.165, 1.54) is 11.9 Å². The minimum atomic E-state index is 0.409.